The summed E-state index contributed by atoms with van der Waals surface area (Å²) in [6.45, 7) is 6.37. The molecule has 0 aliphatic heterocycles. The fourth-order valence-corrected chi connectivity index (χ4v) is 2.46. The predicted octanol–water partition coefficient (Wildman–Crippen LogP) is 4.67. The van der Waals surface area contributed by atoms with Crippen molar-refractivity contribution in [1.29, 1.82) is 0 Å². The molecule has 1 aromatic heterocycles. The maximum Gasteiger partial charge on any atom is 0.132 e. The third kappa shape index (κ3) is 4.04. The largest absolute Gasteiger partial charge is 0.363 e. The van der Waals surface area contributed by atoms with Crippen molar-refractivity contribution in [3.63, 3.8) is 0 Å². The van der Waals surface area contributed by atoms with Gasteiger partial charge in [0, 0.05) is 18.5 Å². The third-order valence-corrected chi connectivity index (χ3v) is 3.56. The lowest BCUT2D eigenvalue weighted by atomic mass is 10.1. The molecule has 2 rings (SSSR count). The number of nitrogens with zero attached hydrogens (tertiary/aromatic N) is 2. The molecule has 4 heteroatoms. The Morgan fingerprint density at radius 1 is 1.20 bits per heavy atom. The first kappa shape index (κ1) is 15.0. The highest BCUT2D eigenvalue weighted by Crippen LogP contribution is 2.20. The molecule has 1 heterocycles. The number of hydrogen-bond acceptors (Lipinski definition) is 3. The van der Waals surface area contributed by atoms with E-state index in [0.717, 1.165) is 29.1 Å². The van der Waals surface area contributed by atoms with Gasteiger partial charge in [-0.25, -0.2) is 9.97 Å². The molecule has 0 aliphatic carbocycles. The van der Waals surface area contributed by atoms with Crippen LogP contribution in [0.2, 0.25) is 0 Å². The van der Waals surface area contributed by atoms with Gasteiger partial charge in [-0.3, -0.25) is 0 Å². The molecule has 0 amide bonds. The average Bonchev–Trinajstić information content (AvgIpc) is 2.39. The van der Waals surface area contributed by atoms with Gasteiger partial charge in [0.2, 0.25) is 0 Å². The van der Waals surface area contributed by atoms with E-state index in [0.29, 0.717) is 0 Å². The summed E-state index contributed by atoms with van der Waals surface area (Å²) in [4.78, 5) is 8.93. The van der Waals surface area contributed by atoms with E-state index in [1.54, 1.807) is 0 Å². The highest BCUT2D eigenvalue weighted by Gasteiger charge is 2.08. The summed E-state index contributed by atoms with van der Waals surface area (Å²) in [5.74, 6) is 1.74. The van der Waals surface area contributed by atoms with Crippen molar-refractivity contribution in [2.75, 3.05) is 5.32 Å². The number of rotatable bonds is 5. The van der Waals surface area contributed by atoms with Crippen molar-refractivity contribution in [2.45, 2.75) is 39.7 Å². The molecule has 3 nitrogen and oxygen atoms in total. The Hall–Kier alpha value is -1.42. The third-order valence-electron chi connectivity index (χ3n) is 3.16. The molecule has 0 fully saturated rings. The second-order valence-electron chi connectivity index (χ2n) is 5.02. The summed E-state index contributed by atoms with van der Waals surface area (Å²) in [5, 5.41) is 3.44. The van der Waals surface area contributed by atoms with Gasteiger partial charge in [-0.1, -0.05) is 36.8 Å². The first-order chi connectivity index (χ1) is 9.58. The van der Waals surface area contributed by atoms with Crippen LogP contribution in [-0.2, 0) is 6.42 Å². The van der Waals surface area contributed by atoms with Crippen molar-refractivity contribution in [2.24, 2.45) is 0 Å². The molecular formula is C16H20BrN3. The van der Waals surface area contributed by atoms with E-state index in [-0.39, 0.29) is 6.04 Å². The number of aromatic nitrogens is 2. The normalized spacial score (nSPS) is 12.2. The highest BCUT2D eigenvalue weighted by atomic mass is 79.9. The minimum Gasteiger partial charge on any atom is -0.363 e. The number of nitrogens with one attached hydrogen (secondary N) is 1. The van der Waals surface area contributed by atoms with Crippen molar-refractivity contribution >= 4 is 21.7 Å². The number of halogens is 1. The van der Waals surface area contributed by atoms with E-state index >= 15 is 0 Å². The summed E-state index contributed by atoms with van der Waals surface area (Å²) in [7, 11) is 0. The lowest BCUT2D eigenvalue weighted by Crippen LogP contribution is -2.09. The van der Waals surface area contributed by atoms with E-state index in [1.807, 2.05) is 6.07 Å². The molecule has 1 aromatic carbocycles. The minimum absolute atomic E-state index is 0.215. The Morgan fingerprint density at radius 3 is 2.55 bits per heavy atom. The summed E-state index contributed by atoms with van der Waals surface area (Å²) in [6, 6.07) is 10.7. The molecule has 1 atom stereocenters. The Kier molecular flexibility index (Phi) is 5.12. The summed E-state index contributed by atoms with van der Waals surface area (Å²) in [5.41, 5.74) is 2.53. The van der Waals surface area contributed by atoms with Crippen molar-refractivity contribution in [1.82, 2.24) is 9.97 Å². The summed E-state index contributed by atoms with van der Waals surface area (Å²) < 4.78 is 0.828. The Labute approximate surface area is 129 Å². The van der Waals surface area contributed by atoms with Crippen molar-refractivity contribution in [3.8, 4) is 0 Å². The van der Waals surface area contributed by atoms with Crippen LogP contribution in [0.25, 0.3) is 0 Å². The molecule has 0 radical (unpaired) electrons. The smallest absolute Gasteiger partial charge is 0.132 e. The lowest BCUT2D eigenvalue weighted by molar-refractivity contribution is 0.814. The van der Waals surface area contributed by atoms with Crippen LogP contribution >= 0.6 is 15.9 Å². The standard InChI is InChI=1S/C16H20BrN3/c1-4-5-15-19-14(17)10-16(20-15)18-12(3)13-8-6-11(2)7-9-13/h6-10,12H,4-5H2,1-3H3,(H,18,19,20). The van der Waals surface area contributed by atoms with Gasteiger partial charge in [-0.2, -0.15) is 0 Å². The monoisotopic (exact) mass is 333 g/mol. The van der Waals surface area contributed by atoms with E-state index < -0.39 is 0 Å². The molecule has 106 valence electrons. The topological polar surface area (TPSA) is 37.8 Å². The van der Waals surface area contributed by atoms with E-state index in [9.17, 15) is 0 Å². The van der Waals surface area contributed by atoms with Crippen molar-refractivity contribution < 1.29 is 0 Å². The molecule has 1 N–H and O–H groups in total. The Balaban J connectivity index is 2.14. The fourth-order valence-electron chi connectivity index (χ4n) is 2.03. The van der Waals surface area contributed by atoms with Crippen LogP contribution < -0.4 is 5.32 Å². The second-order valence-corrected chi connectivity index (χ2v) is 5.83. The zero-order valence-corrected chi connectivity index (χ0v) is 13.7. The fraction of sp³-hybridized carbons (Fsp3) is 0.375. The zero-order chi connectivity index (χ0) is 14.5. The number of benzene rings is 1. The molecule has 20 heavy (non-hydrogen) atoms. The van der Waals surface area contributed by atoms with Gasteiger partial charge in [0.15, 0.2) is 0 Å². The molecule has 1 unspecified atom stereocenters. The highest BCUT2D eigenvalue weighted by molar-refractivity contribution is 9.10. The van der Waals surface area contributed by atoms with Crippen LogP contribution in [-0.4, -0.2) is 9.97 Å². The molecule has 0 aliphatic rings. The van der Waals surface area contributed by atoms with Crippen LogP contribution in [0, 0.1) is 6.92 Å². The molecular weight excluding hydrogens is 314 g/mol. The molecule has 0 saturated carbocycles. The maximum atomic E-state index is 4.55. The first-order valence-corrected chi connectivity index (χ1v) is 7.74. The summed E-state index contributed by atoms with van der Waals surface area (Å²) >= 11 is 3.45. The predicted molar refractivity (Wildman–Crippen MR) is 86.9 cm³/mol. The number of anilines is 1. The van der Waals surface area contributed by atoms with Gasteiger partial charge in [0.05, 0.1) is 0 Å². The maximum absolute atomic E-state index is 4.55. The lowest BCUT2D eigenvalue weighted by Gasteiger charge is -2.16. The molecule has 0 bridgehead atoms. The minimum atomic E-state index is 0.215. The Morgan fingerprint density at radius 2 is 1.90 bits per heavy atom. The van der Waals surface area contributed by atoms with Gasteiger partial charge in [0.25, 0.3) is 0 Å². The van der Waals surface area contributed by atoms with Crippen LogP contribution in [0.5, 0.6) is 0 Å². The summed E-state index contributed by atoms with van der Waals surface area (Å²) in [6.07, 6.45) is 1.94. The SMILES string of the molecule is CCCc1nc(Br)cc(NC(C)c2ccc(C)cc2)n1. The van der Waals surface area contributed by atoms with Gasteiger partial charge in [-0.05, 0) is 41.8 Å². The van der Waals surface area contributed by atoms with Gasteiger partial charge in [-0.15, -0.1) is 0 Å². The van der Waals surface area contributed by atoms with Crippen LogP contribution in [0.4, 0.5) is 5.82 Å². The van der Waals surface area contributed by atoms with Crippen LogP contribution in [0.3, 0.4) is 0 Å². The average molecular weight is 334 g/mol. The Bertz CT molecular complexity index is 566. The molecule has 0 spiro atoms. The number of hydrogen-bond donors (Lipinski definition) is 1. The first-order valence-electron chi connectivity index (χ1n) is 6.95. The molecule has 0 saturated heterocycles. The van der Waals surface area contributed by atoms with Gasteiger partial charge >= 0.3 is 0 Å². The van der Waals surface area contributed by atoms with Crippen LogP contribution in [0.15, 0.2) is 34.9 Å². The van der Waals surface area contributed by atoms with E-state index in [2.05, 4.69) is 76.3 Å². The number of aryl methyl sites for hydroxylation is 2. The van der Waals surface area contributed by atoms with Gasteiger partial charge < -0.3 is 5.32 Å². The van der Waals surface area contributed by atoms with E-state index in [1.165, 1.54) is 11.1 Å². The van der Waals surface area contributed by atoms with Crippen molar-refractivity contribution in [3.05, 3.63) is 51.9 Å². The quantitative estimate of drug-likeness (QED) is 0.807. The van der Waals surface area contributed by atoms with Gasteiger partial charge in [0.1, 0.15) is 16.2 Å². The molecule has 2 aromatic rings. The zero-order valence-electron chi connectivity index (χ0n) is 12.2. The second kappa shape index (κ2) is 6.84. The van der Waals surface area contributed by atoms with Crippen LogP contribution in [0.1, 0.15) is 43.3 Å². The van der Waals surface area contributed by atoms with E-state index in [4.69, 9.17) is 0 Å².